The highest BCUT2D eigenvalue weighted by Crippen LogP contribution is 2.68. The van der Waals surface area contributed by atoms with Crippen LogP contribution in [0, 0.1) is 0 Å². The van der Waals surface area contributed by atoms with E-state index >= 15 is 0 Å². The van der Waals surface area contributed by atoms with Crippen molar-refractivity contribution in [2.45, 2.75) is 57.8 Å². The van der Waals surface area contributed by atoms with Crippen molar-refractivity contribution in [3.63, 3.8) is 0 Å². The molecule has 4 heterocycles. The number of nitrogens with zero attached hydrogens (tertiary/aromatic N) is 3. The maximum absolute atomic E-state index is 5.60. The monoisotopic (exact) mass is 1470 g/mol. The van der Waals surface area contributed by atoms with Crippen LogP contribution in [0.4, 0.5) is 17.1 Å². The van der Waals surface area contributed by atoms with Crippen molar-refractivity contribution >= 4 is 82.0 Å². The van der Waals surface area contributed by atoms with E-state index in [4.69, 9.17) is 4.98 Å². The van der Waals surface area contributed by atoms with Crippen molar-refractivity contribution in [2.75, 3.05) is 4.90 Å². The Balaban J connectivity index is 0.911. The molecule has 0 spiro atoms. The zero-order chi connectivity index (χ0) is 76.7. The quantitative estimate of drug-likeness (QED) is 0.0951. The standard InChI is InChI=1S/C112H79N3/c1-110(2)84-58-34-60-86-106(84)115-107-85(110)59-35-61-87(107)112(5,6)89-67-78(66-88(108(89)115)111(86,3)4)74-48-30-49-75(64-74)98-94(70-40-18-9-19-41-70)95(71-42-20-10-21-43-71)99(76-50-31-51-77(65-76)109-113-90-62-28-29-63-91(90)114(109)79-52-26-13-27-53-79)105-83-57-33-55-81-101(83)100-80(54-32-56-82(100)104(98)105)102-96(72-44-22-11-23-45-72)92(68-36-14-7-15-37-68)93(69-38-16-8-17-39-69)97(103(81)102)73-46-24-12-25-47-73/h7-67H,1-6H3. The fraction of sp³-hybridized carbons (Fsp3) is 0.0804. The lowest BCUT2D eigenvalue weighted by Gasteiger charge is -2.55. The van der Waals surface area contributed by atoms with Crippen LogP contribution in [0.1, 0.15) is 74.9 Å². The molecular formula is C112H79N3. The highest BCUT2D eigenvalue weighted by Gasteiger charge is 2.52. The van der Waals surface area contributed by atoms with Gasteiger partial charge in [-0.15, -0.1) is 0 Å². The molecule has 0 fully saturated rings. The average Bonchev–Trinajstić information content (AvgIpc) is 1.02. The third-order valence-electron chi connectivity index (χ3n) is 26.2. The highest BCUT2D eigenvalue weighted by atomic mass is 15.2. The van der Waals surface area contributed by atoms with Crippen molar-refractivity contribution in [3.8, 4) is 117 Å². The van der Waals surface area contributed by atoms with Crippen LogP contribution in [0.25, 0.3) is 182 Å². The summed E-state index contributed by atoms with van der Waals surface area (Å²) in [4.78, 5) is 8.29. The first-order valence-corrected chi connectivity index (χ1v) is 40.5. The number of hydrogen-bond donors (Lipinski definition) is 0. The van der Waals surface area contributed by atoms with Crippen LogP contribution in [0.5, 0.6) is 0 Å². The first-order valence-electron chi connectivity index (χ1n) is 40.5. The van der Waals surface area contributed by atoms with Crippen molar-refractivity contribution in [3.05, 3.63) is 403 Å². The van der Waals surface area contributed by atoms with Gasteiger partial charge in [-0.1, -0.05) is 363 Å². The molecule has 0 saturated carbocycles. The van der Waals surface area contributed by atoms with E-state index in [9.17, 15) is 0 Å². The third-order valence-corrected chi connectivity index (χ3v) is 26.2. The van der Waals surface area contributed by atoms with Gasteiger partial charge in [0.25, 0.3) is 0 Å². The second-order valence-electron chi connectivity index (χ2n) is 33.4. The smallest absolute Gasteiger partial charge is 0.145 e. The topological polar surface area (TPSA) is 21.1 Å². The predicted octanol–water partition coefficient (Wildman–Crippen LogP) is 30.3. The average molecular weight is 1470 g/mol. The summed E-state index contributed by atoms with van der Waals surface area (Å²) in [5.74, 6) is 0.877. The van der Waals surface area contributed by atoms with Gasteiger partial charge in [0.15, 0.2) is 0 Å². The summed E-state index contributed by atoms with van der Waals surface area (Å²) in [6.07, 6.45) is 0. The van der Waals surface area contributed by atoms with Crippen molar-refractivity contribution in [2.24, 2.45) is 0 Å². The Morgan fingerprint density at radius 3 is 0.878 bits per heavy atom. The number of anilines is 3. The molecule has 20 aromatic rings. The summed E-state index contributed by atoms with van der Waals surface area (Å²) in [6, 6.07) is 140. The second-order valence-corrected chi connectivity index (χ2v) is 33.4. The van der Waals surface area contributed by atoms with Crippen LogP contribution in [-0.2, 0) is 16.2 Å². The van der Waals surface area contributed by atoms with Gasteiger partial charge >= 0.3 is 0 Å². The summed E-state index contributed by atoms with van der Waals surface area (Å²) in [5.41, 5.74) is 36.4. The Bertz CT molecular complexity index is 7330. The number of benzene rings is 19. The van der Waals surface area contributed by atoms with E-state index in [1.54, 1.807) is 0 Å². The van der Waals surface area contributed by atoms with E-state index < -0.39 is 0 Å². The first-order chi connectivity index (χ1) is 56.4. The summed E-state index contributed by atoms with van der Waals surface area (Å²) in [7, 11) is 0. The minimum atomic E-state index is -0.342. The highest BCUT2D eigenvalue weighted by molar-refractivity contribution is 6.46. The molecule has 3 aliphatic rings. The second kappa shape index (κ2) is 25.0. The predicted molar refractivity (Wildman–Crippen MR) is 485 cm³/mol. The Morgan fingerprint density at radius 1 is 0.209 bits per heavy atom. The maximum Gasteiger partial charge on any atom is 0.145 e. The van der Waals surface area contributed by atoms with Crippen molar-refractivity contribution in [1.29, 1.82) is 0 Å². The molecule has 3 heteroatoms. The Morgan fingerprint density at radius 2 is 0.487 bits per heavy atom. The van der Waals surface area contributed by atoms with E-state index in [1.165, 1.54) is 149 Å². The molecule has 0 atom stereocenters. The van der Waals surface area contributed by atoms with Crippen LogP contribution in [-0.4, -0.2) is 9.55 Å². The molecule has 23 rings (SSSR count). The fourth-order valence-corrected chi connectivity index (χ4v) is 21.1. The first kappa shape index (κ1) is 66.8. The van der Waals surface area contributed by atoms with Gasteiger partial charge in [0, 0.05) is 27.5 Å². The third kappa shape index (κ3) is 9.56. The van der Waals surface area contributed by atoms with E-state index in [2.05, 4.69) is 421 Å². The van der Waals surface area contributed by atoms with Crippen LogP contribution in [0.15, 0.2) is 370 Å². The lowest BCUT2D eigenvalue weighted by atomic mass is 9.60. The molecule has 3 aliphatic heterocycles. The number of rotatable bonds is 11. The van der Waals surface area contributed by atoms with Gasteiger partial charge in [-0.05, 0) is 236 Å². The minimum Gasteiger partial charge on any atom is -0.309 e. The molecular weight excluding hydrogens is 1390 g/mol. The minimum absolute atomic E-state index is 0.193. The normalized spacial score (nSPS) is 14.0. The molecule has 0 aliphatic carbocycles. The van der Waals surface area contributed by atoms with Crippen molar-refractivity contribution in [1.82, 2.24) is 9.55 Å². The summed E-state index contributed by atoms with van der Waals surface area (Å²) < 4.78 is 2.34. The van der Waals surface area contributed by atoms with E-state index in [-0.39, 0.29) is 16.2 Å². The lowest BCUT2D eigenvalue weighted by Crippen LogP contribution is -2.43. The van der Waals surface area contributed by atoms with E-state index in [0.29, 0.717) is 0 Å². The molecule has 0 N–H and O–H groups in total. The molecule has 542 valence electrons. The molecule has 1 aromatic heterocycles. The number of para-hydroxylation sites is 5. The van der Waals surface area contributed by atoms with E-state index in [1.807, 2.05) is 0 Å². The Kier molecular flexibility index (Phi) is 14.5. The summed E-state index contributed by atoms with van der Waals surface area (Å²) in [5, 5.41) is 12.1. The van der Waals surface area contributed by atoms with Gasteiger partial charge in [0.05, 0.1) is 28.1 Å². The van der Waals surface area contributed by atoms with Crippen LogP contribution in [0.2, 0.25) is 0 Å². The van der Waals surface area contributed by atoms with Gasteiger partial charge in [0.1, 0.15) is 5.82 Å². The van der Waals surface area contributed by atoms with Gasteiger partial charge in [-0.25, -0.2) is 4.98 Å². The molecule has 0 bridgehead atoms. The molecule has 0 unspecified atom stereocenters. The Hall–Kier alpha value is -14.0. The number of fused-ring (bicyclic) bond motifs is 7. The van der Waals surface area contributed by atoms with Gasteiger partial charge < -0.3 is 4.90 Å². The Labute approximate surface area is 670 Å². The summed E-state index contributed by atoms with van der Waals surface area (Å²) in [6.45, 7) is 14.8. The molecule has 19 aromatic carbocycles. The zero-order valence-corrected chi connectivity index (χ0v) is 65.1. The fourth-order valence-electron chi connectivity index (χ4n) is 21.1. The van der Waals surface area contributed by atoms with Crippen molar-refractivity contribution < 1.29 is 0 Å². The molecule has 0 radical (unpaired) electrons. The number of hydrogen-bond acceptors (Lipinski definition) is 2. The van der Waals surface area contributed by atoms with E-state index in [0.717, 1.165) is 83.7 Å². The molecule has 115 heavy (non-hydrogen) atoms. The molecule has 3 nitrogen and oxygen atoms in total. The SMILES string of the molecule is CC1(C)c2cccc3c2N2c4c1cccc4C(C)(C)c1cc(-c4cccc(-c5c(-c6ccccc6)c(-c6ccccc6)c(-c6cccc(-c7nc8ccccc8n7-c7ccccc7)c6)c6c7cccc8c9c(-c%10ccccc%10)c(-c%10ccccc%10)c(-c%10ccccc%10)c(-c%10ccccc%10)c9c9cccc(c56)c9c87)c4)cc(c12)C3(C)C. The maximum atomic E-state index is 5.60. The van der Waals surface area contributed by atoms with Crippen LogP contribution >= 0.6 is 0 Å². The van der Waals surface area contributed by atoms with Gasteiger partial charge in [-0.3, -0.25) is 4.57 Å². The lowest BCUT2D eigenvalue weighted by molar-refractivity contribution is 0.567. The van der Waals surface area contributed by atoms with Crippen LogP contribution < -0.4 is 4.90 Å². The van der Waals surface area contributed by atoms with Crippen LogP contribution in [0.3, 0.4) is 0 Å². The number of aromatic nitrogens is 2. The molecule has 0 amide bonds. The van der Waals surface area contributed by atoms with Gasteiger partial charge in [-0.2, -0.15) is 0 Å². The zero-order valence-electron chi connectivity index (χ0n) is 65.1. The molecule has 0 saturated heterocycles. The number of imidazole rings is 1. The largest absolute Gasteiger partial charge is 0.309 e. The summed E-state index contributed by atoms with van der Waals surface area (Å²) >= 11 is 0. The van der Waals surface area contributed by atoms with Gasteiger partial charge in [0.2, 0.25) is 0 Å².